The fourth-order valence-electron chi connectivity index (χ4n) is 1.12. The van der Waals surface area contributed by atoms with Gasteiger partial charge in [0, 0.05) is 32.0 Å². The molecule has 1 heterocycles. The second kappa shape index (κ2) is 6.61. The molecule has 5 heteroatoms. The van der Waals surface area contributed by atoms with Crippen molar-refractivity contribution in [3.63, 3.8) is 0 Å². The van der Waals surface area contributed by atoms with Gasteiger partial charge in [0.15, 0.2) is 0 Å². The van der Waals surface area contributed by atoms with Gasteiger partial charge in [0.25, 0.3) is 0 Å². The Kier molecular flexibility index (Phi) is 5.39. The fraction of sp³-hybridized carbons (Fsp3) is 0.500. The number of nitrogens with zero attached hydrogens (tertiary/aromatic N) is 1. The van der Waals surface area contributed by atoms with E-state index >= 15 is 0 Å². The van der Waals surface area contributed by atoms with E-state index in [1.54, 1.807) is 19.3 Å². The van der Waals surface area contributed by atoms with Crippen LogP contribution in [-0.2, 0) is 0 Å². The Morgan fingerprint density at radius 1 is 1.53 bits per heavy atom. The molecule has 0 saturated carbocycles. The molecule has 84 valence electrons. The highest BCUT2D eigenvalue weighted by molar-refractivity contribution is 6.33. The lowest BCUT2D eigenvalue weighted by atomic mass is 10.4. The third-order valence-corrected chi connectivity index (χ3v) is 2.13. The van der Waals surface area contributed by atoms with Crippen molar-refractivity contribution in [2.75, 3.05) is 25.0 Å². The summed E-state index contributed by atoms with van der Waals surface area (Å²) in [5, 5.41) is 15.9. The molecule has 15 heavy (non-hydrogen) atoms. The van der Waals surface area contributed by atoms with Crippen LogP contribution >= 0.6 is 11.6 Å². The second-order valence-corrected chi connectivity index (χ2v) is 3.74. The average Bonchev–Trinajstić information content (AvgIpc) is 2.20. The van der Waals surface area contributed by atoms with E-state index in [9.17, 15) is 0 Å². The molecule has 1 aromatic rings. The van der Waals surface area contributed by atoms with Gasteiger partial charge in [-0.15, -0.1) is 0 Å². The van der Waals surface area contributed by atoms with Crippen LogP contribution in [0.15, 0.2) is 18.5 Å². The number of aromatic nitrogens is 1. The molecule has 0 aliphatic carbocycles. The number of nitrogens with one attached hydrogen (secondary N) is 2. The van der Waals surface area contributed by atoms with E-state index in [0.29, 0.717) is 11.6 Å². The van der Waals surface area contributed by atoms with Crippen molar-refractivity contribution < 1.29 is 5.11 Å². The molecule has 0 bridgehead atoms. The highest BCUT2D eigenvalue weighted by atomic mass is 35.5. The van der Waals surface area contributed by atoms with E-state index in [1.807, 2.05) is 6.07 Å². The molecule has 0 aliphatic rings. The van der Waals surface area contributed by atoms with Gasteiger partial charge in [0.1, 0.15) is 0 Å². The molecular weight excluding hydrogens is 214 g/mol. The van der Waals surface area contributed by atoms with Crippen LogP contribution in [0.5, 0.6) is 0 Å². The summed E-state index contributed by atoms with van der Waals surface area (Å²) in [7, 11) is 0. The number of hydrogen-bond acceptors (Lipinski definition) is 4. The standard InChI is InChI=1S/C10H16ClN3O/c1-8(15)6-13-4-5-14-10-2-3-12-7-9(10)11/h2-3,7-8,13,15H,4-6H2,1H3,(H,12,14). The normalized spacial score (nSPS) is 12.5. The molecule has 1 atom stereocenters. The van der Waals surface area contributed by atoms with Gasteiger partial charge in [0.05, 0.1) is 16.8 Å². The third kappa shape index (κ3) is 4.97. The highest BCUT2D eigenvalue weighted by Gasteiger charge is 1.98. The molecule has 0 spiro atoms. The van der Waals surface area contributed by atoms with Crippen molar-refractivity contribution in [2.24, 2.45) is 0 Å². The first kappa shape index (κ1) is 12.2. The number of hydrogen-bond donors (Lipinski definition) is 3. The number of pyridine rings is 1. The first-order chi connectivity index (χ1) is 7.20. The predicted octanol–water partition coefficient (Wildman–Crippen LogP) is 1.12. The zero-order valence-electron chi connectivity index (χ0n) is 8.70. The molecule has 3 N–H and O–H groups in total. The Hall–Kier alpha value is -0.840. The van der Waals surface area contributed by atoms with Crippen molar-refractivity contribution in [1.29, 1.82) is 0 Å². The van der Waals surface area contributed by atoms with Crippen LogP contribution < -0.4 is 10.6 Å². The monoisotopic (exact) mass is 229 g/mol. The summed E-state index contributed by atoms with van der Waals surface area (Å²) in [4.78, 5) is 3.89. The minimum atomic E-state index is -0.311. The van der Waals surface area contributed by atoms with Gasteiger partial charge in [-0.1, -0.05) is 11.6 Å². The van der Waals surface area contributed by atoms with Gasteiger partial charge in [-0.25, -0.2) is 0 Å². The molecule has 0 fully saturated rings. The fourth-order valence-corrected chi connectivity index (χ4v) is 1.30. The van der Waals surface area contributed by atoms with Gasteiger partial charge >= 0.3 is 0 Å². The summed E-state index contributed by atoms with van der Waals surface area (Å²) in [6.07, 6.45) is 2.99. The second-order valence-electron chi connectivity index (χ2n) is 3.34. The number of rotatable bonds is 6. The largest absolute Gasteiger partial charge is 0.392 e. The van der Waals surface area contributed by atoms with E-state index in [-0.39, 0.29) is 6.10 Å². The summed E-state index contributed by atoms with van der Waals surface area (Å²) >= 11 is 5.90. The Balaban J connectivity index is 2.18. The van der Waals surface area contributed by atoms with E-state index in [4.69, 9.17) is 16.7 Å². The average molecular weight is 230 g/mol. The maximum atomic E-state index is 9.00. The van der Waals surface area contributed by atoms with Crippen molar-refractivity contribution in [3.05, 3.63) is 23.5 Å². The third-order valence-electron chi connectivity index (χ3n) is 1.83. The van der Waals surface area contributed by atoms with Gasteiger partial charge in [0.2, 0.25) is 0 Å². The molecule has 0 radical (unpaired) electrons. The maximum absolute atomic E-state index is 9.00. The molecule has 0 saturated heterocycles. The lowest BCUT2D eigenvalue weighted by Crippen LogP contribution is -2.28. The highest BCUT2D eigenvalue weighted by Crippen LogP contribution is 2.18. The van der Waals surface area contributed by atoms with Gasteiger partial charge in [-0.2, -0.15) is 0 Å². The van der Waals surface area contributed by atoms with Gasteiger partial charge < -0.3 is 15.7 Å². The molecule has 1 aromatic heterocycles. The Bertz CT molecular complexity index is 294. The molecule has 0 aromatic carbocycles. The van der Waals surface area contributed by atoms with Crippen LogP contribution in [-0.4, -0.2) is 35.8 Å². The Morgan fingerprint density at radius 3 is 3.00 bits per heavy atom. The minimum Gasteiger partial charge on any atom is -0.392 e. The zero-order valence-corrected chi connectivity index (χ0v) is 9.46. The SMILES string of the molecule is CC(O)CNCCNc1ccncc1Cl. The maximum Gasteiger partial charge on any atom is 0.0820 e. The zero-order chi connectivity index (χ0) is 11.1. The topological polar surface area (TPSA) is 57.2 Å². The van der Waals surface area contributed by atoms with Crippen LogP contribution in [0.25, 0.3) is 0 Å². The minimum absolute atomic E-state index is 0.311. The van der Waals surface area contributed by atoms with Crippen molar-refractivity contribution in [1.82, 2.24) is 10.3 Å². The summed E-state index contributed by atoms with van der Waals surface area (Å²) < 4.78 is 0. The van der Waals surface area contributed by atoms with Crippen LogP contribution in [0, 0.1) is 0 Å². The van der Waals surface area contributed by atoms with Crippen molar-refractivity contribution >= 4 is 17.3 Å². The summed E-state index contributed by atoms with van der Waals surface area (Å²) in [6.45, 7) is 3.89. The van der Waals surface area contributed by atoms with Crippen LogP contribution in [0.4, 0.5) is 5.69 Å². The lowest BCUT2D eigenvalue weighted by molar-refractivity contribution is 0.192. The number of halogens is 1. The van der Waals surface area contributed by atoms with E-state index in [1.165, 1.54) is 0 Å². The number of aliphatic hydroxyl groups is 1. The summed E-state index contributed by atoms with van der Waals surface area (Å²) in [5.41, 5.74) is 0.880. The lowest BCUT2D eigenvalue weighted by Gasteiger charge is -2.09. The molecule has 0 amide bonds. The van der Waals surface area contributed by atoms with Crippen molar-refractivity contribution in [3.8, 4) is 0 Å². The van der Waals surface area contributed by atoms with Gasteiger partial charge in [-0.05, 0) is 13.0 Å². The molecular formula is C10H16ClN3O. The van der Waals surface area contributed by atoms with Crippen molar-refractivity contribution in [2.45, 2.75) is 13.0 Å². The molecule has 4 nitrogen and oxygen atoms in total. The van der Waals surface area contributed by atoms with Crippen LogP contribution in [0.2, 0.25) is 5.02 Å². The first-order valence-corrected chi connectivity index (χ1v) is 5.30. The first-order valence-electron chi connectivity index (χ1n) is 4.92. The molecule has 1 unspecified atom stereocenters. The number of aliphatic hydroxyl groups excluding tert-OH is 1. The van der Waals surface area contributed by atoms with E-state index in [0.717, 1.165) is 18.8 Å². The summed E-state index contributed by atoms with van der Waals surface area (Å²) in [6, 6.07) is 1.83. The van der Waals surface area contributed by atoms with Gasteiger partial charge in [-0.3, -0.25) is 4.98 Å². The molecule has 1 rings (SSSR count). The summed E-state index contributed by atoms with van der Waals surface area (Å²) in [5.74, 6) is 0. The van der Waals surface area contributed by atoms with Crippen LogP contribution in [0.3, 0.4) is 0 Å². The van der Waals surface area contributed by atoms with Crippen LogP contribution in [0.1, 0.15) is 6.92 Å². The smallest absolute Gasteiger partial charge is 0.0820 e. The molecule has 0 aliphatic heterocycles. The Morgan fingerprint density at radius 2 is 2.33 bits per heavy atom. The Labute approximate surface area is 94.7 Å². The number of anilines is 1. The van der Waals surface area contributed by atoms with E-state index < -0.39 is 0 Å². The van der Waals surface area contributed by atoms with E-state index in [2.05, 4.69) is 15.6 Å². The predicted molar refractivity (Wildman–Crippen MR) is 62.3 cm³/mol. The quantitative estimate of drug-likeness (QED) is 0.640.